The molecular formula is C39H46FN3O5. The van der Waals surface area contributed by atoms with Crippen LogP contribution in [0, 0.1) is 5.82 Å². The summed E-state index contributed by atoms with van der Waals surface area (Å²) in [6.07, 6.45) is 5.20. The highest BCUT2D eigenvalue weighted by molar-refractivity contribution is 5.99. The van der Waals surface area contributed by atoms with Crippen LogP contribution in [0.2, 0.25) is 0 Å². The molecule has 1 N–H and O–H groups in total. The van der Waals surface area contributed by atoms with Gasteiger partial charge in [-0.1, -0.05) is 55.7 Å². The summed E-state index contributed by atoms with van der Waals surface area (Å²) in [6, 6.07) is 20.7. The molecule has 3 aromatic carbocycles. The summed E-state index contributed by atoms with van der Waals surface area (Å²) >= 11 is 0. The third-order valence-electron chi connectivity index (χ3n) is 9.37. The molecule has 8 nitrogen and oxygen atoms in total. The summed E-state index contributed by atoms with van der Waals surface area (Å²) in [5.74, 6) is 0.0819. The van der Waals surface area contributed by atoms with E-state index in [0.29, 0.717) is 50.0 Å². The first-order chi connectivity index (χ1) is 23.1. The molecule has 0 bridgehead atoms. The molecule has 0 unspecified atom stereocenters. The van der Waals surface area contributed by atoms with E-state index < -0.39 is 17.7 Å². The lowest BCUT2D eigenvalue weighted by atomic mass is 9.81. The van der Waals surface area contributed by atoms with Gasteiger partial charge in [-0.3, -0.25) is 4.90 Å². The molecule has 9 heteroatoms. The molecule has 1 aliphatic heterocycles. The van der Waals surface area contributed by atoms with Gasteiger partial charge in [0.15, 0.2) is 0 Å². The van der Waals surface area contributed by atoms with Crippen LogP contribution >= 0.6 is 0 Å². The van der Waals surface area contributed by atoms with Gasteiger partial charge in [0, 0.05) is 48.7 Å². The van der Waals surface area contributed by atoms with Crippen molar-refractivity contribution < 1.29 is 28.2 Å². The highest BCUT2D eigenvalue weighted by atomic mass is 19.1. The number of carbonyl (C=O) groups is 2. The monoisotopic (exact) mass is 655 g/mol. The molecule has 6 rings (SSSR count). The zero-order chi connectivity index (χ0) is 33.8. The molecule has 1 fully saturated rings. The number of benzene rings is 3. The average molecular weight is 656 g/mol. The minimum atomic E-state index is -0.602. The van der Waals surface area contributed by atoms with Crippen LogP contribution in [0.15, 0.2) is 66.7 Å². The number of ether oxygens (including phenoxy) is 3. The van der Waals surface area contributed by atoms with Crippen LogP contribution in [0.1, 0.15) is 80.3 Å². The molecule has 0 saturated heterocycles. The summed E-state index contributed by atoms with van der Waals surface area (Å²) < 4.78 is 34.3. The molecule has 0 radical (unpaired) electrons. The Morgan fingerprint density at radius 1 is 1.02 bits per heavy atom. The van der Waals surface area contributed by atoms with E-state index >= 15 is 0 Å². The number of carbonyl (C=O) groups excluding carboxylic acids is 2. The number of esters is 1. The van der Waals surface area contributed by atoms with Gasteiger partial charge in [-0.05, 0) is 74.9 Å². The molecule has 1 amide bonds. The quantitative estimate of drug-likeness (QED) is 0.193. The fourth-order valence-electron chi connectivity index (χ4n) is 7.21. The molecule has 4 aromatic rings. The van der Waals surface area contributed by atoms with E-state index in [-0.39, 0.29) is 11.9 Å². The number of methoxy groups -OCH3 is 1. The van der Waals surface area contributed by atoms with Crippen molar-refractivity contribution in [1.82, 2.24) is 14.8 Å². The van der Waals surface area contributed by atoms with E-state index in [1.165, 1.54) is 31.2 Å². The Hall–Kier alpha value is -4.37. The average Bonchev–Trinajstić information content (AvgIpc) is 3.37. The van der Waals surface area contributed by atoms with Crippen molar-refractivity contribution in [1.29, 1.82) is 0 Å². The number of nitrogens with zero attached hydrogens (tertiary/aromatic N) is 2. The highest BCUT2D eigenvalue weighted by Gasteiger charge is 2.33. The van der Waals surface area contributed by atoms with Gasteiger partial charge in [0.05, 0.1) is 24.4 Å². The van der Waals surface area contributed by atoms with Crippen LogP contribution in [-0.4, -0.2) is 60.0 Å². The second-order valence-electron chi connectivity index (χ2n) is 13.9. The van der Waals surface area contributed by atoms with Crippen molar-refractivity contribution in [3.8, 4) is 17.0 Å². The number of alkyl carbamates (subject to hydrolysis) is 1. The van der Waals surface area contributed by atoms with Crippen molar-refractivity contribution in [2.24, 2.45) is 0 Å². The Morgan fingerprint density at radius 2 is 1.79 bits per heavy atom. The van der Waals surface area contributed by atoms with Gasteiger partial charge < -0.3 is 24.1 Å². The molecular weight excluding hydrogens is 609 g/mol. The first-order valence-electron chi connectivity index (χ1n) is 17.0. The minimum Gasteiger partial charge on any atom is -0.491 e. The molecule has 1 atom stereocenters. The van der Waals surface area contributed by atoms with Crippen molar-refractivity contribution in [3.05, 3.63) is 89.2 Å². The smallest absolute Gasteiger partial charge is 0.407 e. The van der Waals surface area contributed by atoms with Crippen LogP contribution < -0.4 is 10.1 Å². The molecule has 48 heavy (non-hydrogen) atoms. The molecule has 254 valence electrons. The summed E-state index contributed by atoms with van der Waals surface area (Å²) in [4.78, 5) is 27.7. The number of hydrogen-bond donors (Lipinski definition) is 1. The van der Waals surface area contributed by atoms with Gasteiger partial charge in [0.2, 0.25) is 0 Å². The standard InChI is InChI=1S/C39H46FN3O5/c1-39(2,3)48-38(45)41-19-20-42(23-26-11-7-5-8-12-26)30-24-43-33-21-28(37(44)46-4)15-17-31(33)35(27-13-9-6-10-14-27)36(43)32-18-16-29(40)22-34(32)47-25-30/h5,7-8,11-12,15-18,21-22,27,30H,6,9-10,13-14,19-20,23-25H2,1-4H3,(H,41,45)/t30-/m1/s1. The Balaban J connectivity index is 1.46. The third kappa shape index (κ3) is 7.51. The van der Waals surface area contributed by atoms with Crippen molar-refractivity contribution in [2.75, 3.05) is 26.8 Å². The Kier molecular flexibility index (Phi) is 10.1. The number of halogens is 1. The molecule has 1 aliphatic carbocycles. The second-order valence-corrected chi connectivity index (χ2v) is 13.9. The number of nitrogens with one attached hydrogen (secondary N) is 1. The molecule has 1 aromatic heterocycles. The second kappa shape index (κ2) is 14.4. The van der Waals surface area contributed by atoms with E-state index in [2.05, 4.69) is 33.0 Å². The van der Waals surface area contributed by atoms with Crippen LogP contribution in [-0.2, 0) is 22.6 Å². The lowest BCUT2D eigenvalue weighted by molar-refractivity contribution is 0.0508. The number of hydrogen-bond acceptors (Lipinski definition) is 6. The maximum Gasteiger partial charge on any atom is 0.407 e. The Labute approximate surface area is 282 Å². The number of aromatic nitrogens is 1. The lowest BCUT2D eigenvalue weighted by Crippen LogP contribution is -2.46. The summed E-state index contributed by atoms with van der Waals surface area (Å²) in [7, 11) is 1.40. The van der Waals surface area contributed by atoms with E-state index in [1.807, 2.05) is 57.2 Å². The first-order valence-corrected chi connectivity index (χ1v) is 17.0. The molecule has 2 heterocycles. The SMILES string of the molecule is COC(=O)c1ccc2c(C3CCCCC3)c3n(c2c1)C[C@@H](N(CCNC(=O)OC(C)(C)C)Cc1ccccc1)COc1cc(F)ccc1-3. The largest absolute Gasteiger partial charge is 0.491 e. The predicted octanol–water partition coefficient (Wildman–Crippen LogP) is 8.07. The van der Waals surface area contributed by atoms with Gasteiger partial charge in [-0.15, -0.1) is 0 Å². The van der Waals surface area contributed by atoms with Gasteiger partial charge in [-0.2, -0.15) is 0 Å². The van der Waals surface area contributed by atoms with Crippen LogP contribution in [0.25, 0.3) is 22.2 Å². The summed E-state index contributed by atoms with van der Waals surface area (Å²) in [5.41, 5.74) is 5.06. The van der Waals surface area contributed by atoms with Crippen LogP contribution in [0.3, 0.4) is 0 Å². The number of rotatable bonds is 8. The van der Waals surface area contributed by atoms with Gasteiger partial charge >= 0.3 is 12.1 Å². The zero-order valence-electron chi connectivity index (χ0n) is 28.4. The van der Waals surface area contributed by atoms with E-state index in [9.17, 15) is 14.0 Å². The fourth-order valence-corrected chi connectivity index (χ4v) is 7.21. The topological polar surface area (TPSA) is 82.0 Å². The Bertz CT molecular complexity index is 1760. The van der Waals surface area contributed by atoms with E-state index in [0.717, 1.165) is 53.4 Å². The van der Waals surface area contributed by atoms with Gasteiger partial charge in [0.25, 0.3) is 0 Å². The van der Waals surface area contributed by atoms with Crippen molar-refractivity contribution >= 4 is 23.0 Å². The first kappa shape index (κ1) is 33.5. The minimum absolute atomic E-state index is 0.169. The normalized spacial score (nSPS) is 16.8. The number of amides is 1. The molecule has 1 saturated carbocycles. The summed E-state index contributed by atoms with van der Waals surface area (Å²) in [5, 5.41) is 4.02. The van der Waals surface area contributed by atoms with Gasteiger partial charge in [0.1, 0.15) is 23.8 Å². The number of fused-ring (bicyclic) bond motifs is 5. The Morgan fingerprint density at radius 3 is 2.52 bits per heavy atom. The van der Waals surface area contributed by atoms with Crippen LogP contribution in [0.5, 0.6) is 5.75 Å². The van der Waals surface area contributed by atoms with E-state index in [4.69, 9.17) is 14.2 Å². The van der Waals surface area contributed by atoms with Crippen LogP contribution in [0.4, 0.5) is 9.18 Å². The van der Waals surface area contributed by atoms with Crippen molar-refractivity contribution in [2.45, 2.75) is 83.5 Å². The third-order valence-corrected chi connectivity index (χ3v) is 9.37. The molecule has 2 aliphatic rings. The summed E-state index contributed by atoms with van der Waals surface area (Å²) in [6.45, 7) is 7.87. The van der Waals surface area contributed by atoms with Crippen molar-refractivity contribution in [3.63, 3.8) is 0 Å². The van der Waals surface area contributed by atoms with E-state index in [1.54, 1.807) is 0 Å². The maximum atomic E-state index is 14.8. The fraction of sp³-hybridized carbons (Fsp3) is 0.436. The lowest BCUT2D eigenvalue weighted by Gasteiger charge is -2.35. The highest BCUT2D eigenvalue weighted by Crippen LogP contribution is 2.47. The maximum absolute atomic E-state index is 14.8. The molecule has 0 spiro atoms. The predicted molar refractivity (Wildman–Crippen MR) is 185 cm³/mol. The zero-order valence-corrected chi connectivity index (χ0v) is 28.4. The van der Waals surface area contributed by atoms with Gasteiger partial charge in [-0.25, -0.2) is 14.0 Å².